The Morgan fingerprint density at radius 2 is 2.12 bits per heavy atom. The van der Waals surface area contributed by atoms with E-state index >= 15 is 0 Å². The molecule has 0 saturated carbocycles. The van der Waals surface area contributed by atoms with Crippen LogP contribution in [0.25, 0.3) is 0 Å². The Hall–Kier alpha value is -0.930. The highest BCUT2D eigenvalue weighted by molar-refractivity contribution is 5.09. The molecule has 0 spiro atoms. The van der Waals surface area contributed by atoms with E-state index in [4.69, 9.17) is 5.73 Å². The van der Waals surface area contributed by atoms with Gasteiger partial charge in [0.2, 0.25) is 0 Å². The predicted molar refractivity (Wildman–Crippen MR) is 72.8 cm³/mol. The van der Waals surface area contributed by atoms with Crippen LogP contribution in [-0.2, 0) is 6.54 Å². The zero-order chi connectivity index (χ0) is 12.7. The molecule has 0 saturated heterocycles. The van der Waals surface area contributed by atoms with E-state index in [0.29, 0.717) is 6.04 Å². The number of aryl methyl sites for hydroxylation is 1. The monoisotopic (exact) mass is 235 g/mol. The average molecular weight is 235 g/mol. The molecule has 1 heterocycles. The maximum atomic E-state index is 6.01. The summed E-state index contributed by atoms with van der Waals surface area (Å²) in [4.78, 5) is 6.79. The van der Waals surface area contributed by atoms with Crippen LogP contribution in [0.2, 0.25) is 0 Å². The molecule has 0 radical (unpaired) electrons. The summed E-state index contributed by atoms with van der Waals surface area (Å²) >= 11 is 0. The van der Waals surface area contributed by atoms with Crippen LogP contribution in [0.15, 0.2) is 18.2 Å². The van der Waals surface area contributed by atoms with Gasteiger partial charge in [-0.15, -0.1) is 0 Å². The van der Waals surface area contributed by atoms with Crippen molar-refractivity contribution >= 4 is 0 Å². The molecule has 1 rings (SSSR count). The molecule has 3 heteroatoms. The van der Waals surface area contributed by atoms with Crippen molar-refractivity contribution in [1.82, 2.24) is 9.88 Å². The van der Waals surface area contributed by atoms with Crippen molar-refractivity contribution in [2.24, 2.45) is 5.73 Å². The van der Waals surface area contributed by atoms with Crippen LogP contribution in [-0.4, -0.2) is 29.5 Å². The number of rotatable bonds is 7. The first-order valence-corrected chi connectivity index (χ1v) is 6.48. The van der Waals surface area contributed by atoms with E-state index in [1.807, 2.05) is 13.0 Å². The SMILES string of the molecule is CCCC(N)CCN(C)Cc1cccc(C)n1. The summed E-state index contributed by atoms with van der Waals surface area (Å²) in [6.45, 7) is 6.15. The van der Waals surface area contributed by atoms with E-state index in [-0.39, 0.29) is 0 Å². The summed E-state index contributed by atoms with van der Waals surface area (Å²) in [5.41, 5.74) is 8.23. The fourth-order valence-electron chi connectivity index (χ4n) is 1.94. The Labute approximate surface area is 105 Å². The summed E-state index contributed by atoms with van der Waals surface area (Å²) in [6.07, 6.45) is 3.36. The predicted octanol–water partition coefficient (Wildman–Crippen LogP) is 2.34. The Balaban J connectivity index is 2.32. The lowest BCUT2D eigenvalue weighted by Gasteiger charge is -2.18. The molecular formula is C14H25N3. The van der Waals surface area contributed by atoms with Crippen LogP contribution < -0.4 is 5.73 Å². The van der Waals surface area contributed by atoms with Gasteiger partial charge in [-0.2, -0.15) is 0 Å². The van der Waals surface area contributed by atoms with Gasteiger partial charge in [-0.3, -0.25) is 4.98 Å². The van der Waals surface area contributed by atoms with Crippen molar-refractivity contribution in [1.29, 1.82) is 0 Å². The summed E-state index contributed by atoms with van der Waals surface area (Å²) in [5.74, 6) is 0. The second-order valence-corrected chi connectivity index (χ2v) is 4.85. The van der Waals surface area contributed by atoms with Crippen molar-refractivity contribution < 1.29 is 0 Å². The second kappa shape index (κ2) is 7.41. The van der Waals surface area contributed by atoms with Gasteiger partial charge in [0, 0.05) is 18.3 Å². The maximum absolute atomic E-state index is 6.01. The molecule has 0 bridgehead atoms. The molecule has 96 valence electrons. The molecular weight excluding hydrogens is 210 g/mol. The van der Waals surface area contributed by atoms with E-state index in [9.17, 15) is 0 Å². The van der Waals surface area contributed by atoms with Crippen LogP contribution in [0.4, 0.5) is 0 Å². The summed E-state index contributed by atoms with van der Waals surface area (Å²) < 4.78 is 0. The lowest BCUT2D eigenvalue weighted by molar-refractivity contribution is 0.304. The molecule has 17 heavy (non-hydrogen) atoms. The molecule has 1 aromatic heterocycles. The highest BCUT2D eigenvalue weighted by Gasteiger charge is 2.05. The quantitative estimate of drug-likeness (QED) is 0.788. The van der Waals surface area contributed by atoms with Gasteiger partial charge in [-0.05, 0) is 45.5 Å². The zero-order valence-corrected chi connectivity index (χ0v) is 11.3. The standard InChI is InChI=1S/C14H25N3/c1-4-6-13(15)9-10-17(3)11-14-8-5-7-12(2)16-14/h5,7-8,13H,4,6,9-11,15H2,1-3H3. The van der Waals surface area contributed by atoms with Crippen molar-refractivity contribution in [2.75, 3.05) is 13.6 Å². The largest absolute Gasteiger partial charge is 0.328 e. The molecule has 0 fully saturated rings. The minimum absolute atomic E-state index is 0.341. The third kappa shape index (κ3) is 5.80. The minimum Gasteiger partial charge on any atom is -0.328 e. The Bertz CT molecular complexity index is 325. The molecule has 3 nitrogen and oxygen atoms in total. The van der Waals surface area contributed by atoms with Crippen LogP contribution in [0.3, 0.4) is 0 Å². The fraction of sp³-hybridized carbons (Fsp3) is 0.643. The smallest absolute Gasteiger partial charge is 0.0547 e. The normalized spacial score (nSPS) is 13.0. The zero-order valence-electron chi connectivity index (χ0n) is 11.3. The highest BCUT2D eigenvalue weighted by Crippen LogP contribution is 2.04. The molecule has 0 aliphatic heterocycles. The number of aromatic nitrogens is 1. The van der Waals surface area contributed by atoms with Crippen molar-refractivity contribution in [3.05, 3.63) is 29.6 Å². The van der Waals surface area contributed by atoms with Crippen LogP contribution in [0.1, 0.15) is 37.6 Å². The van der Waals surface area contributed by atoms with Gasteiger partial charge in [0.05, 0.1) is 5.69 Å². The van der Waals surface area contributed by atoms with Crippen LogP contribution in [0.5, 0.6) is 0 Å². The van der Waals surface area contributed by atoms with Crippen molar-refractivity contribution in [3.8, 4) is 0 Å². The van der Waals surface area contributed by atoms with Crippen molar-refractivity contribution in [3.63, 3.8) is 0 Å². The molecule has 1 atom stereocenters. The molecule has 0 amide bonds. The molecule has 1 aromatic rings. The molecule has 2 N–H and O–H groups in total. The van der Waals surface area contributed by atoms with Gasteiger partial charge in [0.15, 0.2) is 0 Å². The van der Waals surface area contributed by atoms with E-state index in [1.54, 1.807) is 0 Å². The first-order chi connectivity index (χ1) is 8.11. The topological polar surface area (TPSA) is 42.1 Å². The van der Waals surface area contributed by atoms with Gasteiger partial charge in [0.25, 0.3) is 0 Å². The van der Waals surface area contributed by atoms with Crippen LogP contribution >= 0.6 is 0 Å². The maximum Gasteiger partial charge on any atom is 0.0547 e. The number of hydrogen-bond donors (Lipinski definition) is 1. The number of nitrogens with zero attached hydrogens (tertiary/aromatic N) is 2. The van der Waals surface area contributed by atoms with E-state index in [2.05, 4.69) is 36.0 Å². The molecule has 0 aliphatic rings. The summed E-state index contributed by atoms with van der Waals surface area (Å²) in [5, 5.41) is 0. The molecule has 0 aliphatic carbocycles. The molecule has 1 unspecified atom stereocenters. The number of hydrogen-bond acceptors (Lipinski definition) is 3. The first kappa shape index (κ1) is 14.1. The van der Waals surface area contributed by atoms with Gasteiger partial charge >= 0.3 is 0 Å². The summed E-state index contributed by atoms with van der Waals surface area (Å²) in [6, 6.07) is 6.51. The molecule has 0 aromatic carbocycles. The number of pyridine rings is 1. The highest BCUT2D eigenvalue weighted by atomic mass is 15.1. The minimum atomic E-state index is 0.341. The average Bonchev–Trinajstić information content (AvgIpc) is 2.27. The second-order valence-electron chi connectivity index (χ2n) is 4.85. The van der Waals surface area contributed by atoms with E-state index in [0.717, 1.165) is 37.3 Å². The van der Waals surface area contributed by atoms with Gasteiger partial charge in [-0.1, -0.05) is 19.4 Å². The lowest BCUT2D eigenvalue weighted by atomic mass is 10.1. The van der Waals surface area contributed by atoms with Gasteiger partial charge in [-0.25, -0.2) is 0 Å². The third-order valence-corrected chi connectivity index (χ3v) is 2.92. The van der Waals surface area contributed by atoms with Gasteiger partial charge < -0.3 is 10.6 Å². The van der Waals surface area contributed by atoms with Gasteiger partial charge in [0.1, 0.15) is 0 Å². The third-order valence-electron chi connectivity index (χ3n) is 2.92. The Kier molecular flexibility index (Phi) is 6.16. The first-order valence-electron chi connectivity index (χ1n) is 6.48. The number of nitrogens with two attached hydrogens (primary N) is 1. The van der Waals surface area contributed by atoms with Crippen LogP contribution in [0, 0.1) is 6.92 Å². The Morgan fingerprint density at radius 3 is 2.76 bits per heavy atom. The van der Waals surface area contributed by atoms with E-state index in [1.165, 1.54) is 6.42 Å². The summed E-state index contributed by atoms with van der Waals surface area (Å²) in [7, 11) is 2.13. The lowest BCUT2D eigenvalue weighted by Crippen LogP contribution is -2.28. The van der Waals surface area contributed by atoms with Crippen molar-refractivity contribution in [2.45, 2.75) is 45.7 Å². The Morgan fingerprint density at radius 1 is 1.35 bits per heavy atom. The fourth-order valence-corrected chi connectivity index (χ4v) is 1.94. The van der Waals surface area contributed by atoms with E-state index < -0.39 is 0 Å².